The molecule has 6 N–H and O–H groups in total. The second kappa shape index (κ2) is 7.06. The van der Waals surface area contributed by atoms with E-state index in [2.05, 4.69) is 9.23 Å². The van der Waals surface area contributed by atoms with Crippen molar-refractivity contribution in [3.05, 3.63) is 0 Å². The lowest BCUT2D eigenvalue weighted by atomic mass is 9.95. The maximum Gasteiger partial charge on any atom is 0.700 e. The topological polar surface area (TPSA) is 191 Å². The van der Waals surface area contributed by atoms with E-state index in [-0.39, 0.29) is 0 Å². The Kier molecular flexibility index (Phi) is 6.44. The Bertz CT molecular complexity index is 357. The van der Waals surface area contributed by atoms with E-state index >= 15 is 0 Å². The number of aliphatic hydroxyl groups is 1. The average Bonchev–Trinajstić information content (AvgIpc) is 2.12. The van der Waals surface area contributed by atoms with Gasteiger partial charge in [0.05, 0.1) is 12.8 Å². The zero-order valence-corrected chi connectivity index (χ0v) is 9.29. The average molecular weight is 280 g/mol. The molecular weight excluding hydrogens is 270 g/mol. The van der Waals surface area contributed by atoms with Crippen LogP contribution in [0.1, 0.15) is 12.8 Å². The first-order valence-corrected chi connectivity index (χ1v) is 4.63. The Morgan fingerprint density at radius 1 is 1.05 bits per heavy atom. The summed E-state index contributed by atoms with van der Waals surface area (Å²) in [6, 6.07) is 0. The number of aliphatic carboxylic acids is 2. The third-order valence-corrected chi connectivity index (χ3v) is 1.75. The van der Waals surface area contributed by atoms with E-state index in [0.29, 0.717) is 0 Å². The Hall–Kier alpha value is -1.66. The Morgan fingerprint density at radius 2 is 1.58 bits per heavy atom. The second-order valence-corrected chi connectivity index (χ2v) is 3.34. The zero-order chi connectivity index (χ0) is 15.2. The lowest BCUT2D eigenvalue weighted by Gasteiger charge is -2.20. The second-order valence-electron chi connectivity index (χ2n) is 3.34. The highest BCUT2D eigenvalue weighted by molar-refractivity contribution is 6.50. The van der Waals surface area contributed by atoms with Gasteiger partial charge in [-0.2, -0.15) is 0 Å². The SMILES string of the molecule is O=C(O)CC(O)(CC(=O)OB(O)OB(O)O)C(=O)O. The van der Waals surface area contributed by atoms with Crippen LogP contribution in [-0.4, -0.2) is 68.5 Å². The highest BCUT2D eigenvalue weighted by Gasteiger charge is 2.42. The summed E-state index contributed by atoms with van der Waals surface area (Å²) < 4.78 is 7.70. The third kappa shape index (κ3) is 6.73. The van der Waals surface area contributed by atoms with Crippen LogP contribution in [0, 0.1) is 0 Å². The van der Waals surface area contributed by atoms with Crippen LogP contribution in [0.3, 0.4) is 0 Å². The molecule has 0 aliphatic heterocycles. The molecule has 0 heterocycles. The van der Waals surface area contributed by atoms with Gasteiger partial charge in [-0.25, -0.2) is 4.79 Å². The molecule has 0 aromatic carbocycles. The van der Waals surface area contributed by atoms with Crippen LogP contribution in [0.4, 0.5) is 0 Å². The van der Waals surface area contributed by atoms with E-state index in [1.54, 1.807) is 0 Å². The Labute approximate surface area is 106 Å². The molecule has 0 saturated carbocycles. The molecule has 0 radical (unpaired) electrons. The fourth-order valence-corrected chi connectivity index (χ4v) is 0.989. The minimum atomic E-state index is -2.93. The quantitative estimate of drug-likeness (QED) is 0.238. The zero-order valence-electron chi connectivity index (χ0n) is 9.29. The fraction of sp³-hybridized carbons (Fsp3) is 0.500. The van der Waals surface area contributed by atoms with Gasteiger partial charge in [-0.3, -0.25) is 9.59 Å². The van der Waals surface area contributed by atoms with E-state index in [4.69, 9.17) is 25.3 Å². The van der Waals surface area contributed by atoms with Crippen LogP contribution in [-0.2, 0) is 23.6 Å². The van der Waals surface area contributed by atoms with Crippen molar-refractivity contribution in [2.24, 2.45) is 0 Å². The minimum absolute atomic E-state index is 1.28. The molecule has 0 bridgehead atoms. The lowest BCUT2D eigenvalue weighted by molar-refractivity contribution is -0.170. The standard InChI is InChI=1S/C6H10B2O11/c9-3(10)1-6(14,5(12)13)2-4(11)18-8(17)19-7(15)16/h14-17H,1-2H2,(H,9,10)(H,12,13). The van der Waals surface area contributed by atoms with Crippen molar-refractivity contribution in [3.8, 4) is 0 Å². The molecule has 0 amide bonds. The summed E-state index contributed by atoms with van der Waals surface area (Å²) in [7, 11) is -4.88. The maximum absolute atomic E-state index is 11.1. The lowest BCUT2D eigenvalue weighted by Crippen LogP contribution is -2.44. The largest absolute Gasteiger partial charge is 0.700 e. The van der Waals surface area contributed by atoms with Crippen LogP contribution in [0.2, 0.25) is 0 Å². The molecule has 13 heteroatoms. The summed E-state index contributed by atoms with van der Waals surface area (Å²) in [6.45, 7) is 0. The maximum atomic E-state index is 11.1. The molecule has 0 aliphatic rings. The molecule has 0 aromatic heterocycles. The van der Waals surface area contributed by atoms with Crippen molar-refractivity contribution < 1.29 is 54.0 Å². The van der Waals surface area contributed by atoms with Crippen LogP contribution in [0.15, 0.2) is 0 Å². The molecule has 106 valence electrons. The molecule has 0 aromatic rings. The first-order chi connectivity index (χ1) is 8.56. The van der Waals surface area contributed by atoms with Crippen molar-refractivity contribution in [2.45, 2.75) is 18.4 Å². The number of rotatable bonds is 8. The van der Waals surface area contributed by atoms with Crippen molar-refractivity contribution in [3.63, 3.8) is 0 Å². The Balaban J connectivity index is 4.56. The van der Waals surface area contributed by atoms with E-state index in [1.807, 2.05) is 0 Å². The summed E-state index contributed by atoms with van der Waals surface area (Å²) >= 11 is 0. The van der Waals surface area contributed by atoms with E-state index in [1.165, 1.54) is 0 Å². The first kappa shape index (κ1) is 17.3. The Morgan fingerprint density at radius 3 is 1.95 bits per heavy atom. The normalized spacial score (nSPS) is 13.3. The van der Waals surface area contributed by atoms with Gasteiger partial charge in [-0.15, -0.1) is 0 Å². The van der Waals surface area contributed by atoms with Crippen molar-refractivity contribution in [1.29, 1.82) is 0 Å². The van der Waals surface area contributed by atoms with Crippen LogP contribution in [0.5, 0.6) is 0 Å². The molecule has 11 nitrogen and oxygen atoms in total. The number of carbonyl (C=O) groups is 3. The molecule has 0 saturated heterocycles. The van der Waals surface area contributed by atoms with Gasteiger partial charge in [-0.05, 0) is 0 Å². The summed E-state index contributed by atoms with van der Waals surface area (Å²) in [6.07, 6.45) is -2.58. The molecule has 0 rings (SSSR count). The van der Waals surface area contributed by atoms with Gasteiger partial charge >= 0.3 is 26.6 Å². The van der Waals surface area contributed by atoms with Crippen LogP contribution in [0.25, 0.3) is 0 Å². The van der Waals surface area contributed by atoms with E-state index in [0.717, 1.165) is 0 Å². The van der Waals surface area contributed by atoms with Gasteiger partial charge in [0.2, 0.25) is 0 Å². The molecule has 0 aliphatic carbocycles. The highest BCUT2D eigenvalue weighted by atomic mass is 16.7. The van der Waals surface area contributed by atoms with Crippen LogP contribution < -0.4 is 0 Å². The summed E-state index contributed by atoms with van der Waals surface area (Å²) in [5, 5.41) is 51.7. The summed E-state index contributed by atoms with van der Waals surface area (Å²) in [5.74, 6) is -5.19. The van der Waals surface area contributed by atoms with Crippen molar-refractivity contribution >= 4 is 32.6 Å². The first-order valence-electron chi connectivity index (χ1n) is 4.63. The van der Waals surface area contributed by atoms with E-state index in [9.17, 15) is 19.5 Å². The smallest absolute Gasteiger partial charge is 0.486 e. The minimum Gasteiger partial charge on any atom is -0.486 e. The van der Waals surface area contributed by atoms with Crippen LogP contribution >= 0.6 is 0 Å². The molecule has 1 unspecified atom stereocenters. The van der Waals surface area contributed by atoms with Gasteiger partial charge in [-0.1, -0.05) is 0 Å². The number of hydrogen-bond donors (Lipinski definition) is 6. The number of carbonyl (C=O) groups excluding carboxylic acids is 1. The van der Waals surface area contributed by atoms with Gasteiger partial charge in [0.1, 0.15) is 0 Å². The van der Waals surface area contributed by atoms with Gasteiger partial charge < -0.3 is 39.6 Å². The van der Waals surface area contributed by atoms with Gasteiger partial charge in [0.25, 0.3) is 5.97 Å². The molecule has 1 atom stereocenters. The summed E-state index contributed by atoms with van der Waals surface area (Å²) in [5.41, 5.74) is -2.93. The highest BCUT2D eigenvalue weighted by Crippen LogP contribution is 2.17. The fourth-order valence-electron chi connectivity index (χ4n) is 0.989. The summed E-state index contributed by atoms with van der Waals surface area (Å²) in [4.78, 5) is 32.1. The predicted octanol–water partition coefficient (Wildman–Crippen LogP) is -3.83. The third-order valence-electron chi connectivity index (χ3n) is 1.75. The monoisotopic (exact) mass is 280 g/mol. The predicted molar refractivity (Wildman–Crippen MR) is 54.8 cm³/mol. The number of hydrogen-bond acceptors (Lipinski definition) is 9. The molecule has 19 heavy (non-hydrogen) atoms. The molecule has 0 spiro atoms. The number of carboxylic acid groups (broad SMARTS) is 2. The van der Waals surface area contributed by atoms with E-state index < -0.39 is 51.0 Å². The van der Waals surface area contributed by atoms with Gasteiger partial charge in [0, 0.05) is 0 Å². The van der Waals surface area contributed by atoms with Crippen molar-refractivity contribution in [2.75, 3.05) is 0 Å². The molecular formula is C6H10B2O11. The van der Waals surface area contributed by atoms with Crippen molar-refractivity contribution in [1.82, 2.24) is 0 Å². The molecule has 0 fully saturated rings. The van der Waals surface area contributed by atoms with Gasteiger partial charge in [0.15, 0.2) is 5.60 Å². The number of carboxylic acids is 2.